The minimum Gasteiger partial charge on any atom is -0.480 e. The maximum Gasteiger partial charge on any atom is 0.323 e. The average Bonchev–Trinajstić information content (AvgIpc) is 3.57. The molecule has 4 aromatic rings. The maximum atomic E-state index is 14.9. The van der Waals surface area contributed by atoms with Gasteiger partial charge in [0.05, 0.1) is 13.2 Å². The van der Waals surface area contributed by atoms with Gasteiger partial charge in [0.1, 0.15) is 12.4 Å². The molecule has 0 amide bonds. The zero-order chi connectivity index (χ0) is 31.2. The van der Waals surface area contributed by atoms with E-state index in [1.54, 1.807) is 12.1 Å². The molecule has 11 heteroatoms. The van der Waals surface area contributed by atoms with Crippen molar-refractivity contribution in [3.63, 3.8) is 0 Å². The fourth-order valence-electron chi connectivity index (χ4n) is 5.80. The van der Waals surface area contributed by atoms with Crippen LogP contribution in [-0.2, 0) is 25.6 Å². The molecule has 0 saturated carbocycles. The lowest BCUT2D eigenvalue weighted by molar-refractivity contribution is -0.173. The van der Waals surface area contributed by atoms with Gasteiger partial charge in [-0.25, -0.2) is 4.39 Å². The van der Waals surface area contributed by atoms with Gasteiger partial charge < -0.3 is 19.1 Å². The number of aromatic nitrogens is 2. The molecule has 1 aromatic heterocycles. The summed E-state index contributed by atoms with van der Waals surface area (Å²) in [6, 6.07) is 21.9. The van der Waals surface area contributed by atoms with Gasteiger partial charge in [-0.1, -0.05) is 65.8 Å². The van der Waals surface area contributed by atoms with E-state index in [4.69, 9.17) is 14.0 Å². The van der Waals surface area contributed by atoms with Crippen molar-refractivity contribution in [2.24, 2.45) is 5.41 Å². The Hall–Kier alpha value is -4.45. The molecule has 1 N–H and O–H groups in total. The van der Waals surface area contributed by atoms with Gasteiger partial charge in [0.25, 0.3) is 5.89 Å². The van der Waals surface area contributed by atoms with Crippen molar-refractivity contribution < 1.29 is 33.1 Å². The Balaban J connectivity index is 1.03. The van der Waals surface area contributed by atoms with Crippen LogP contribution in [0.5, 0.6) is 0 Å². The molecule has 0 spiro atoms. The first-order valence-electron chi connectivity index (χ1n) is 15.1. The summed E-state index contributed by atoms with van der Waals surface area (Å²) in [5.74, 6) is -1.54. The number of esters is 1. The number of piperidine rings is 1. The van der Waals surface area contributed by atoms with Crippen molar-refractivity contribution in [2.75, 3.05) is 52.5 Å². The Labute approximate surface area is 260 Å². The number of benzene rings is 3. The Bertz CT molecular complexity index is 1610. The van der Waals surface area contributed by atoms with Crippen molar-refractivity contribution in [1.29, 1.82) is 0 Å². The Morgan fingerprint density at radius 2 is 1.60 bits per heavy atom. The monoisotopic (exact) mass is 614 g/mol. The normalized spacial score (nSPS) is 17.2. The highest BCUT2D eigenvalue weighted by Crippen LogP contribution is 2.34. The fourth-order valence-corrected chi connectivity index (χ4v) is 5.80. The number of carbonyl (C=O) groups is 2. The first-order valence-corrected chi connectivity index (χ1v) is 15.1. The van der Waals surface area contributed by atoms with Gasteiger partial charge in [-0.15, -0.1) is 0 Å². The largest absolute Gasteiger partial charge is 0.480 e. The molecule has 2 saturated heterocycles. The van der Waals surface area contributed by atoms with Crippen LogP contribution < -0.4 is 0 Å². The molecular formula is C34H35FN4O6. The summed E-state index contributed by atoms with van der Waals surface area (Å²) < 4.78 is 31.1. The van der Waals surface area contributed by atoms with Crippen LogP contribution in [0.3, 0.4) is 0 Å². The van der Waals surface area contributed by atoms with Crippen LogP contribution >= 0.6 is 0 Å². The van der Waals surface area contributed by atoms with E-state index in [1.807, 2.05) is 54.6 Å². The minimum atomic E-state index is -1.52. The molecule has 0 unspecified atom stereocenters. The lowest BCUT2D eigenvalue weighted by atomic mass is 9.78. The number of morpholine rings is 1. The molecule has 2 aliphatic rings. The van der Waals surface area contributed by atoms with Crippen LogP contribution in [0.4, 0.5) is 4.39 Å². The van der Waals surface area contributed by atoms with E-state index in [1.165, 1.54) is 6.07 Å². The number of hydrogen-bond acceptors (Lipinski definition) is 9. The van der Waals surface area contributed by atoms with E-state index in [9.17, 15) is 19.1 Å². The highest BCUT2D eigenvalue weighted by molar-refractivity contribution is 5.99. The molecule has 2 fully saturated rings. The Kier molecular flexibility index (Phi) is 9.29. The molecular weight excluding hydrogens is 579 g/mol. The number of carboxylic acids is 1. The van der Waals surface area contributed by atoms with E-state index in [0.717, 1.165) is 29.8 Å². The van der Waals surface area contributed by atoms with Gasteiger partial charge in [0.2, 0.25) is 5.82 Å². The SMILES string of the molecule is O=C(O)C1(C(=O)OCCN2CCOCC2)CCN(Cc2ccc(-c3noc(-c4ccc(-c5ccccc5)c(F)c4)n3)cc2)CC1. The second kappa shape index (κ2) is 13.7. The summed E-state index contributed by atoms with van der Waals surface area (Å²) in [6.45, 7) is 5.11. The lowest BCUT2D eigenvalue weighted by Gasteiger charge is -2.37. The molecule has 234 valence electrons. The molecule has 0 bridgehead atoms. The second-order valence-corrected chi connectivity index (χ2v) is 11.4. The second-order valence-electron chi connectivity index (χ2n) is 11.4. The van der Waals surface area contributed by atoms with E-state index >= 15 is 0 Å². The minimum absolute atomic E-state index is 0.170. The summed E-state index contributed by atoms with van der Waals surface area (Å²) in [4.78, 5) is 33.9. The number of aliphatic carboxylic acids is 1. The average molecular weight is 615 g/mol. The molecule has 3 aromatic carbocycles. The first kappa shape index (κ1) is 30.6. The topological polar surface area (TPSA) is 118 Å². The number of carboxylic acid groups (broad SMARTS) is 1. The van der Waals surface area contributed by atoms with E-state index in [-0.39, 0.29) is 31.2 Å². The van der Waals surface area contributed by atoms with Crippen LogP contribution in [0.1, 0.15) is 18.4 Å². The third kappa shape index (κ3) is 6.95. The maximum absolute atomic E-state index is 14.9. The van der Waals surface area contributed by atoms with Gasteiger partial charge in [-0.3, -0.25) is 19.4 Å². The van der Waals surface area contributed by atoms with Crippen molar-refractivity contribution in [3.05, 3.63) is 84.2 Å². The number of rotatable bonds is 10. The van der Waals surface area contributed by atoms with Crippen molar-refractivity contribution >= 4 is 11.9 Å². The lowest BCUT2D eigenvalue weighted by Crippen LogP contribution is -2.50. The van der Waals surface area contributed by atoms with Crippen molar-refractivity contribution in [2.45, 2.75) is 19.4 Å². The van der Waals surface area contributed by atoms with E-state index < -0.39 is 17.4 Å². The highest BCUT2D eigenvalue weighted by Gasteiger charge is 2.49. The number of hydrogen-bond donors (Lipinski definition) is 1. The number of nitrogens with zero attached hydrogens (tertiary/aromatic N) is 4. The molecule has 45 heavy (non-hydrogen) atoms. The van der Waals surface area contributed by atoms with Gasteiger partial charge in [-0.2, -0.15) is 4.98 Å². The molecule has 10 nitrogen and oxygen atoms in total. The highest BCUT2D eigenvalue weighted by atomic mass is 19.1. The Morgan fingerprint density at radius 3 is 2.29 bits per heavy atom. The molecule has 2 aliphatic heterocycles. The predicted octanol–water partition coefficient (Wildman–Crippen LogP) is 4.75. The molecule has 3 heterocycles. The van der Waals surface area contributed by atoms with Crippen LogP contribution in [-0.4, -0.2) is 89.5 Å². The molecule has 0 radical (unpaired) electrons. The summed E-state index contributed by atoms with van der Waals surface area (Å²) in [7, 11) is 0. The third-order valence-electron chi connectivity index (χ3n) is 8.60. The van der Waals surface area contributed by atoms with Gasteiger partial charge in [0, 0.05) is 56.0 Å². The molecule has 0 aliphatic carbocycles. The van der Waals surface area contributed by atoms with E-state index in [0.29, 0.717) is 56.3 Å². The Morgan fingerprint density at radius 1 is 0.889 bits per heavy atom. The molecule has 6 rings (SSSR count). The predicted molar refractivity (Wildman–Crippen MR) is 163 cm³/mol. The van der Waals surface area contributed by atoms with Crippen LogP contribution in [0.15, 0.2) is 77.3 Å². The summed E-state index contributed by atoms with van der Waals surface area (Å²) in [5, 5.41) is 14.1. The summed E-state index contributed by atoms with van der Waals surface area (Å²) >= 11 is 0. The number of halogens is 1. The van der Waals surface area contributed by atoms with Crippen molar-refractivity contribution in [3.8, 4) is 34.0 Å². The number of carbonyl (C=O) groups excluding carboxylic acids is 1. The smallest absolute Gasteiger partial charge is 0.323 e. The standard InChI is InChI=1S/C34H35FN4O6/c35-29-22-27(10-11-28(29)25-4-2-1-3-5-25)31-36-30(37-45-31)26-8-6-24(7-9-26)23-39-14-12-34(13-15-39,32(40)41)33(42)44-21-18-38-16-19-43-20-17-38/h1-11,22H,12-21,23H2,(H,40,41). The summed E-state index contributed by atoms with van der Waals surface area (Å²) in [6.07, 6.45) is 0.380. The molecule has 0 atom stereocenters. The van der Waals surface area contributed by atoms with Crippen LogP contribution in [0.2, 0.25) is 0 Å². The third-order valence-corrected chi connectivity index (χ3v) is 8.60. The number of likely N-dealkylation sites (tertiary alicyclic amines) is 1. The van der Waals surface area contributed by atoms with Gasteiger partial charge in [0.15, 0.2) is 5.41 Å². The fraction of sp³-hybridized carbons (Fsp3) is 0.353. The van der Waals surface area contributed by atoms with Crippen molar-refractivity contribution in [1.82, 2.24) is 19.9 Å². The van der Waals surface area contributed by atoms with Crippen LogP contribution in [0.25, 0.3) is 34.0 Å². The van der Waals surface area contributed by atoms with Gasteiger partial charge >= 0.3 is 11.9 Å². The number of ether oxygens (including phenoxy) is 2. The van der Waals surface area contributed by atoms with Crippen LogP contribution in [0, 0.1) is 11.2 Å². The quantitative estimate of drug-likeness (QED) is 0.198. The first-order chi connectivity index (χ1) is 21.9. The van der Waals surface area contributed by atoms with E-state index in [2.05, 4.69) is 19.9 Å². The summed E-state index contributed by atoms with van der Waals surface area (Å²) in [5.41, 5.74) is 2.03. The zero-order valence-corrected chi connectivity index (χ0v) is 24.9. The van der Waals surface area contributed by atoms with Gasteiger partial charge in [-0.05, 0) is 36.1 Å². The zero-order valence-electron chi connectivity index (χ0n) is 24.9.